The highest BCUT2D eigenvalue weighted by atomic mass is 16.7. The smallest absolute Gasteiger partial charge is 0.303 e. The van der Waals surface area contributed by atoms with Gasteiger partial charge in [-0.05, 0) is 30.0 Å². The predicted octanol–water partition coefficient (Wildman–Crippen LogP) is 1.42. The summed E-state index contributed by atoms with van der Waals surface area (Å²) >= 11 is 0. The van der Waals surface area contributed by atoms with Gasteiger partial charge >= 0.3 is 5.97 Å². The Morgan fingerprint density at radius 3 is 2.89 bits per heavy atom. The molecule has 1 heterocycles. The van der Waals surface area contributed by atoms with E-state index in [1.807, 2.05) is 25.1 Å². The van der Waals surface area contributed by atoms with Gasteiger partial charge in [0.05, 0.1) is 6.61 Å². The van der Waals surface area contributed by atoms with Crippen molar-refractivity contribution in [3.63, 3.8) is 0 Å². The van der Waals surface area contributed by atoms with E-state index in [2.05, 4.69) is 0 Å². The largest absolute Gasteiger partial charge is 0.481 e. The first-order valence-electron chi connectivity index (χ1n) is 6.27. The molecule has 0 radical (unpaired) electrons. The van der Waals surface area contributed by atoms with Crippen LogP contribution in [0, 0.1) is 6.92 Å². The van der Waals surface area contributed by atoms with Crippen LogP contribution in [0.3, 0.4) is 0 Å². The molecule has 0 aliphatic carbocycles. The highest BCUT2D eigenvalue weighted by molar-refractivity contribution is 5.67. The number of aliphatic carboxylic acids is 1. The number of aliphatic hydroxyl groups is 1. The van der Waals surface area contributed by atoms with E-state index in [0.717, 1.165) is 16.7 Å². The third-order valence-corrected chi connectivity index (χ3v) is 3.45. The van der Waals surface area contributed by atoms with Crippen molar-refractivity contribution in [1.29, 1.82) is 0 Å². The predicted molar refractivity (Wildman–Crippen MR) is 67.8 cm³/mol. The molecule has 19 heavy (non-hydrogen) atoms. The summed E-state index contributed by atoms with van der Waals surface area (Å²) in [7, 11) is 0. The second-order valence-corrected chi connectivity index (χ2v) is 4.62. The lowest BCUT2D eigenvalue weighted by molar-refractivity contribution is -0.136. The average molecular weight is 266 g/mol. The summed E-state index contributed by atoms with van der Waals surface area (Å²) in [5.74, 6) is -0.807. The maximum atomic E-state index is 10.6. The topological polar surface area (TPSA) is 76.0 Å². The van der Waals surface area contributed by atoms with Gasteiger partial charge in [0.1, 0.15) is 19.0 Å². The molecule has 0 amide bonds. The van der Waals surface area contributed by atoms with Crippen molar-refractivity contribution in [1.82, 2.24) is 0 Å². The van der Waals surface area contributed by atoms with Gasteiger partial charge in [-0.15, -0.1) is 0 Å². The Labute approximate surface area is 111 Å². The number of rotatable bonds is 5. The van der Waals surface area contributed by atoms with Crippen molar-refractivity contribution >= 4 is 5.97 Å². The fraction of sp³-hybridized carbons (Fsp3) is 0.500. The van der Waals surface area contributed by atoms with Crippen LogP contribution in [0.2, 0.25) is 0 Å². The first-order chi connectivity index (χ1) is 9.13. The number of carbonyl (C=O) groups is 1. The maximum absolute atomic E-state index is 10.6. The van der Waals surface area contributed by atoms with Crippen LogP contribution in [-0.4, -0.2) is 35.7 Å². The van der Waals surface area contributed by atoms with Gasteiger partial charge < -0.3 is 19.7 Å². The molecule has 1 aromatic rings. The molecule has 2 rings (SSSR count). The quantitative estimate of drug-likeness (QED) is 0.843. The van der Waals surface area contributed by atoms with Crippen LogP contribution in [0.25, 0.3) is 0 Å². The van der Waals surface area contributed by atoms with Crippen molar-refractivity contribution < 1.29 is 24.5 Å². The van der Waals surface area contributed by atoms with E-state index in [9.17, 15) is 9.90 Å². The van der Waals surface area contributed by atoms with Gasteiger partial charge in [-0.2, -0.15) is 0 Å². The molecule has 0 bridgehead atoms. The minimum Gasteiger partial charge on any atom is -0.481 e. The number of carboxylic acids is 1. The fourth-order valence-corrected chi connectivity index (χ4v) is 2.36. The molecular formula is C14H18O5. The molecular weight excluding hydrogens is 248 g/mol. The van der Waals surface area contributed by atoms with E-state index in [0.29, 0.717) is 6.42 Å². The number of carboxylic acid groups (broad SMARTS) is 1. The number of hydrogen-bond acceptors (Lipinski definition) is 4. The molecule has 2 atom stereocenters. The summed E-state index contributed by atoms with van der Waals surface area (Å²) in [5.41, 5.74) is 2.96. The molecule has 1 aliphatic heterocycles. The van der Waals surface area contributed by atoms with E-state index < -0.39 is 5.97 Å². The molecule has 1 saturated heterocycles. The van der Waals surface area contributed by atoms with Crippen molar-refractivity contribution in [2.45, 2.75) is 32.0 Å². The summed E-state index contributed by atoms with van der Waals surface area (Å²) in [4.78, 5) is 10.6. The monoisotopic (exact) mass is 266 g/mol. The van der Waals surface area contributed by atoms with Crippen LogP contribution in [0.5, 0.6) is 0 Å². The fourth-order valence-electron chi connectivity index (χ4n) is 2.36. The van der Waals surface area contributed by atoms with Crippen LogP contribution < -0.4 is 0 Å². The van der Waals surface area contributed by atoms with Crippen LogP contribution in [0.4, 0.5) is 0 Å². The molecule has 0 saturated carbocycles. The summed E-state index contributed by atoms with van der Waals surface area (Å²) in [6.07, 6.45) is -0.0366. The summed E-state index contributed by atoms with van der Waals surface area (Å²) < 4.78 is 10.8. The zero-order chi connectivity index (χ0) is 13.8. The zero-order valence-electron chi connectivity index (χ0n) is 10.8. The van der Waals surface area contributed by atoms with Gasteiger partial charge in [-0.3, -0.25) is 4.79 Å². The lowest BCUT2D eigenvalue weighted by atomic mass is 9.94. The van der Waals surface area contributed by atoms with Gasteiger partial charge in [0.15, 0.2) is 0 Å². The Morgan fingerprint density at radius 2 is 2.21 bits per heavy atom. The molecule has 104 valence electrons. The average Bonchev–Trinajstić information content (AvgIpc) is 2.85. The minimum absolute atomic E-state index is 0.0938. The van der Waals surface area contributed by atoms with E-state index in [-0.39, 0.29) is 32.0 Å². The number of benzene rings is 1. The highest BCUT2D eigenvalue weighted by Gasteiger charge is 2.31. The lowest BCUT2D eigenvalue weighted by Crippen LogP contribution is -2.20. The van der Waals surface area contributed by atoms with Crippen LogP contribution in [0.1, 0.15) is 29.2 Å². The van der Waals surface area contributed by atoms with Gasteiger partial charge in [0.25, 0.3) is 0 Å². The minimum atomic E-state index is -0.807. The van der Waals surface area contributed by atoms with E-state index in [1.165, 1.54) is 0 Å². The molecule has 0 spiro atoms. The summed E-state index contributed by atoms with van der Waals surface area (Å²) in [6.45, 7) is 2.03. The first-order valence-corrected chi connectivity index (χ1v) is 6.27. The second-order valence-electron chi connectivity index (χ2n) is 4.62. The molecule has 2 unspecified atom stereocenters. The Bertz CT molecular complexity index is 457. The summed E-state index contributed by atoms with van der Waals surface area (Å²) in [6, 6.07) is 5.74. The zero-order valence-corrected chi connectivity index (χ0v) is 10.8. The van der Waals surface area contributed by atoms with Gasteiger partial charge in [-0.1, -0.05) is 18.2 Å². The first kappa shape index (κ1) is 14.0. The third-order valence-electron chi connectivity index (χ3n) is 3.45. The molecule has 2 N–H and O–H groups in total. The number of aliphatic hydroxyl groups excluding tert-OH is 1. The van der Waals surface area contributed by atoms with Crippen LogP contribution in [-0.2, 0) is 20.7 Å². The molecule has 5 nitrogen and oxygen atoms in total. The highest BCUT2D eigenvalue weighted by Crippen LogP contribution is 2.32. The summed E-state index contributed by atoms with van der Waals surface area (Å²) in [5, 5.41) is 18.0. The van der Waals surface area contributed by atoms with Crippen molar-refractivity contribution in [3.8, 4) is 0 Å². The second kappa shape index (κ2) is 6.14. The SMILES string of the molecule is Cc1c(CCC(=O)O)cccc1C1OCOC1CO. The van der Waals surface area contributed by atoms with E-state index >= 15 is 0 Å². The Hall–Kier alpha value is -1.43. The van der Waals surface area contributed by atoms with Crippen LogP contribution in [0.15, 0.2) is 18.2 Å². The van der Waals surface area contributed by atoms with E-state index in [4.69, 9.17) is 14.6 Å². The molecule has 0 aromatic heterocycles. The molecule has 1 fully saturated rings. The Balaban J connectivity index is 2.21. The Morgan fingerprint density at radius 1 is 1.42 bits per heavy atom. The molecule has 5 heteroatoms. The Kier molecular flexibility index (Phi) is 4.52. The standard InChI is InChI=1S/C14H18O5/c1-9-10(5-6-13(16)17)3-2-4-11(9)14-12(7-15)18-8-19-14/h2-4,12,14-15H,5-8H2,1H3,(H,16,17). The molecule has 1 aromatic carbocycles. The van der Waals surface area contributed by atoms with E-state index in [1.54, 1.807) is 0 Å². The third kappa shape index (κ3) is 3.12. The number of ether oxygens (including phenoxy) is 2. The molecule has 1 aliphatic rings. The number of hydrogen-bond donors (Lipinski definition) is 2. The normalized spacial score (nSPS) is 22.6. The van der Waals surface area contributed by atoms with Crippen molar-refractivity contribution in [2.24, 2.45) is 0 Å². The van der Waals surface area contributed by atoms with Gasteiger partial charge in [-0.25, -0.2) is 0 Å². The van der Waals surface area contributed by atoms with Crippen molar-refractivity contribution in [2.75, 3.05) is 13.4 Å². The maximum Gasteiger partial charge on any atom is 0.303 e. The van der Waals surface area contributed by atoms with Gasteiger partial charge in [0.2, 0.25) is 0 Å². The number of aryl methyl sites for hydroxylation is 1. The van der Waals surface area contributed by atoms with Crippen LogP contribution >= 0.6 is 0 Å². The van der Waals surface area contributed by atoms with Gasteiger partial charge in [0, 0.05) is 6.42 Å². The lowest BCUT2D eigenvalue weighted by Gasteiger charge is -2.19. The van der Waals surface area contributed by atoms with Crippen molar-refractivity contribution in [3.05, 3.63) is 34.9 Å².